The molecule has 0 aromatic carbocycles. The Morgan fingerprint density at radius 3 is 3.00 bits per heavy atom. The number of halogens is 1. The summed E-state index contributed by atoms with van der Waals surface area (Å²) in [6.07, 6.45) is -0.370. The number of alkyl halides is 1. The van der Waals surface area contributed by atoms with Crippen LogP contribution in [0.1, 0.15) is 22.9 Å². The Labute approximate surface area is 126 Å². The zero-order valence-corrected chi connectivity index (χ0v) is 12.9. The summed E-state index contributed by atoms with van der Waals surface area (Å²) >= 11 is 1.63. The fraction of sp³-hybridized carbons (Fsp3) is 0.615. The summed E-state index contributed by atoms with van der Waals surface area (Å²) in [5.74, 6) is 0.499. The molecule has 3 rings (SSSR count). The predicted molar refractivity (Wildman–Crippen MR) is 78.2 cm³/mol. The number of aryl methyl sites for hydroxylation is 2. The van der Waals surface area contributed by atoms with E-state index in [1.807, 2.05) is 17.3 Å². The van der Waals surface area contributed by atoms with E-state index in [0.29, 0.717) is 31.4 Å². The Balaban J connectivity index is 1.59. The van der Waals surface area contributed by atoms with Gasteiger partial charge in [-0.2, -0.15) is 0 Å². The van der Waals surface area contributed by atoms with Gasteiger partial charge < -0.3 is 14.6 Å². The third kappa shape index (κ3) is 3.21. The molecule has 21 heavy (non-hydrogen) atoms. The van der Waals surface area contributed by atoms with Crippen molar-refractivity contribution in [1.82, 2.24) is 20.5 Å². The molecule has 1 aliphatic rings. The van der Waals surface area contributed by atoms with Crippen molar-refractivity contribution in [2.45, 2.75) is 39.0 Å². The molecule has 8 heteroatoms. The highest BCUT2D eigenvalue weighted by Crippen LogP contribution is 2.26. The second-order valence-corrected chi connectivity index (χ2v) is 6.17. The lowest BCUT2D eigenvalue weighted by molar-refractivity contribution is 0.354. The van der Waals surface area contributed by atoms with Crippen LogP contribution in [0.2, 0.25) is 0 Å². The Kier molecular flexibility index (Phi) is 4.16. The van der Waals surface area contributed by atoms with Gasteiger partial charge in [0, 0.05) is 37.4 Å². The van der Waals surface area contributed by atoms with E-state index in [4.69, 9.17) is 4.42 Å². The van der Waals surface area contributed by atoms with E-state index >= 15 is 0 Å². The van der Waals surface area contributed by atoms with Crippen LogP contribution in [0.15, 0.2) is 9.93 Å². The first-order valence-electron chi connectivity index (χ1n) is 6.94. The summed E-state index contributed by atoms with van der Waals surface area (Å²) < 4.78 is 19.1. The highest BCUT2D eigenvalue weighted by Gasteiger charge is 2.34. The molecule has 2 aromatic heterocycles. The molecular weight excluding hydrogens is 293 g/mol. The van der Waals surface area contributed by atoms with Gasteiger partial charge in [-0.05, 0) is 6.92 Å². The van der Waals surface area contributed by atoms with Gasteiger partial charge in [0.2, 0.25) is 5.89 Å². The van der Waals surface area contributed by atoms with Crippen molar-refractivity contribution >= 4 is 17.4 Å². The highest BCUT2D eigenvalue weighted by atomic mass is 32.1. The van der Waals surface area contributed by atoms with Gasteiger partial charge in [-0.15, -0.1) is 16.4 Å². The summed E-state index contributed by atoms with van der Waals surface area (Å²) in [6.45, 7) is 5.47. The minimum atomic E-state index is -0.853. The average molecular weight is 311 g/mol. The smallest absolute Gasteiger partial charge is 0.318 e. The largest absolute Gasteiger partial charge is 0.408 e. The molecule has 0 radical (unpaired) electrons. The first-order valence-corrected chi connectivity index (χ1v) is 7.82. The number of aromatic nitrogens is 3. The molecule has 0 unspecified atom stereocenters. The molecule has 0 saturated carbocycles. The van der Waals surface area contributed by atoms with Gasteiger partial charge in [-0.1, -0.05) is 5.10 Å². The van der Waals surface area contributed by atoms with Gasteiger partial charge in [-0.3, -0.25) is 0 Å². The lowest BCUT2D eigenvalue weighted by Gasteiger charge is -2.22. The standard InChI is InChI=1S/C13H18FN5OS/c1-8-12(21-7-16-8)5-15-4-11-3-10(14)6-19(11)13-18-17-9(2)20-13/h7,10-11,15H,3-6H2,1-2H3/t10-,11-/m0/s1. The molecule has 3 heterocycles. The van der Waals surface area contributed by atoms with Gasteiger partial charge >= 0.3 is 6.01 Å². The lowest BCUT2D eigenvalue weighted by atomic mass is 10.2. The van der Waals surface area contributed by atoms with Crippen molar-refractivity contribution in [1.29, 1.82) is 0 Å². The summed E-state index contributed by atoms with van der Waals surface area (Å²) in [7, 11) is 0. The number of nitrogens with one attached hydrogen (secondary N) is 1. The van der Waals surface area contributed by atoms with E-state index in [-0.39, 0.29) is 6.04 Å². The van der Waals surface area contributed by atoms with Crippen molar-refractivity contribution in [3.63, 3.8) is 0 Å². The SMILES string of the molecule is Cc1nnc(N2C[C@@H](F)C[C@H]2CNCc2scnc2C)o1. The van der Waals surface area contributed by atoms with Crippen LogP contribution in [-0.2, 0) is 6.54 Å². The highest BCUT2D eigenvalue weighted by molar-refractivity contribution is 7.09. The maximum absolute atomic E-state index is 13.7. The van der Waals surface area contributed by atoms with Gasteiger partial charge in [-0.25, -0.2) is 9.37 Å². The van der Waals surface area contributed by atoms with E-state index in [9.17, 15) is 4.39 Å². The predicted octanol–water partition coefficient (Wildman–Crippen LogP) is 1.85. The molecule has 0 amide bonds. The first-order chi connectivity index (χ1) is 10.1. The summed E-state index contributed by atoms with van der Waals surface area (Å²) in [5.41, 5.74) is 2.89. The van der Waals surface area contributed by atoms with E-state index in [1.165, 1.54) is 4.88 Å². The van der Waals surface area contributed by atoms with E-state index in [0.717, 1.165) is 12.2 Å². The molecule has 0 spiro atoms. The number of thiazole rings is 1. The Morgan fingerprint density at radius 2 is 2.33 bits per heavy atom. The molecule has 6 nitrogen and oxygen atoms in total. The third-order valence-corrected chi connectivity index (χ3v) is 4.57. The van der Waals surface area contributed by atoms with Gasteiger partial charge in [0.25, 0.3) is 0 Å². The first kappa shape index (κ1) is 14.4. The summed E-state index contributed by atoms with van der Waals surface area (Å²) in [6, 6.07) is 0.446. The zero-order chi connectivity index (χ0) is 14.8. The fourth-order valence-electron chi connectivity index (χ4n) is 2.54. The number of hydrogen-bond donors (Lipinski definition) is 1. The summed E-state index contributed by atoms with van der Waals surface area (Å²) in [4.78, 5) is 7.29. The Bertz CT molecular complexity index is 601. The van der Waals surface area contributed by atoms with Crippen molar-refractivity contribution < 1.29 is 8.81 Å². The fourth-order valence-corrected chi connectivity index (χ4v) is 3.28. The maximum atomic E-state index is 13.7. The normalized spacial score (nSPS) is 22.1. The topological polar surface area (TPSA) is 67.1 Å². The van der Waals surface area contributed by atoms with Gasteiger partial charge in [0.15, 0.2) is 0 Å². The van der Waals surface area contributed by atoms with Crippen LogP contribution in [0.3, 0.4) is 0 Å². The van der Waals surface area contributed by atoms with Crippen LogP contribution in [0, 0.1) is 13.8 Å². The number of anilines is 1. The van der Waals surface area contributed by atoms with Crippen LogP contribution in [0.5, 0.6) is 0 Å². The van der Waals surface area contributed by atoms with E-state index < -0.39 is 6.17 Å². The molecule has 1 N–H and O–H groups in total. The van der Waals surface area contributed by atoms with Crippen molar-refractivity contribution in [2.75, 3.05) is 18.0 Å². The minimum absolute atomic E-state index is 0.0353. The molecule has 0 bridgehead atoms. The Morgan fingerprint density at radius 1 is 1.48 bits per heavy atom. The van der Waals surface area contributed by atoms with Gasteiger partial charge in [0.05, 0.1) is 17.7 Å². The van der Waals surface area contributed by atoms with Crippen LogP contribution in [-0.4, -0.2) is 40.5 Å². The third-order valence-electron chi connectivity index (χ3n) is 3.63. The lowest BCUT2D eigenvalue weighted by Crippen LogP contribution is -2.38. The minimum Gasteiger partial charge on any atom is -0.408 e. The molecule has 1 fully saturated rings. The quantitative estimate of drug-likeness (QED) is 0.909. The Hall–Kier alpha value is -1.54. The second kappa shape index (κ2) is 6.07. The second-order valence-electron chi connectivity index (χ2n) is 5.23. The van der Waals surface area contributed by atoms with Crippen molar-refractivity contribution in [2.24, 2.45) is 0 Å². The summed E-state index contributed by atoms with van der Waals surface area (Å²) in [5, 5.41) is 11.2. The number of hydrogen-bond acceptors (Lipinski definition) is 7. The van der Waals surface area contributed by atoms with Crippen molar-refractivity contribution in [3.05, 3.63) is 22.0 Å². The zero-order valence-electron chi connectivity index (χ0n) is 12.0. The monoisotopic (exact) mass is 311 g/mol. The van der Waals surface area contributed by atoms with Crippen LogP contribution < -0.4 is 10.2 Å². The van der Waals surface area contributed by atoms with Crippen molar-refractivity contribution in [3.8, 4) is 0 Å². The molecule has 0 aliphatic carbocycles. The molecule has 2 atom stereocenters. The molecule has 1 saturated heterocycles. The molecular formula is C13H18FN5OS. The average Bonchev–Trinajstić information content (AvgIpc) is 3.12. The van der Waals surface area contributed by atoms with Crippen LogP contribution in [0.25, 0.3) is 0 Å². The molecule has 1 aliphatic heterocycles. The van der Waals surface area contributed by atoms with Crippen LogP contribution in [0.4, 0.5) is 10.4 Å². The maximum Gasteiger partial charge on any atom is 0.318 e. The van der Waals surface area contributed by atoms with Crippen LogP contribution >= 0.6 is 11.3 Å². The molecule has 2 aromatic rings. The number of nitrogens with zero attached hydrogens (tertiary/aromatic N) is 4. The van der Waals surface area contributed by atoms with E-state index in [1.54, 1.807) is 18.3 Å². The molecule has 114 valence electrons. The van der Waals surface area contributed by atoms with Gasteiger partial charge in [0.1, 0.15) is 6.17 Å². The van der Waals surface area contributed by atoms with E-state index in [2.05, 4.69) is 20.5 Å². The number of rotatable bonds is 5.